The Balaban J connectivity index is 2.16. The molecule has 0 N–H and O–H groups in total. The highest BCUT2D eigenvalue weighted by atomic mass is 32.2. The minimum atomic E-state index is -0.809. The van der Waals surface area contributed by atoms with E-state index in [4.69, 9.17) is 9.47 Å². The Labute approximate surface area is 127 Å². The van der Waals surface area contributed by atoms with Gasteiger partial charge in [-0.05, 0) is 12.8 Å². The number of rotatable bonds is 10. The van der Waals surface area contributed by atoms with E-state index in [-0.39, 0.29) is 12.2 Å². The zero-order chi connectivity index (χ0) is 14.8. The maximum absolute atomic E-state index is 11.8. The van der Waals surface area contributed by atoms with Crippen molar-refractivity contribution >= 4 is 21.6 Å². The topological polar surface area (TPSA) is 52.6 Å². The summed E-state index contributed by atoms with van der Waals surface area (Å²) < 4.78 is 34.9. The van der Waals surface area contributed by atoms with Gasteiger partial charge in [0.1, 0.15) is 0 Å². The molecule has 0 aliphatic carbocycles. The molecule has 0 bridgehead atoms. The molecule has 0 spiro atoms. The molecule has 0 radical (unpaired) electrons. The normalized spacial score (nSPS) is 26.3. The highest BCUT2D eigenvalue weighted by Gasteiger charge is 2.24. The molecule has 6 heteroatoms. The molecule has 1 fully saturated rings. The second-order valence-electron chi connectivity index (χ2n) is 5.24. The molecule has 1 saturated heterocycles. The van der Waals surface area contributed by atoms with Crippen LogP contribution in [-0.2, 0) is 31.1 Å². The summed E-state index contributed by atoms with van der Waals surface area (Å²) in [6.45, 7) is 5.16. The molecule has 0 aromatic heterocycles. The van der Waals surface area contributed by atoms with Gasteiger partial charge in [-0.2, -0.15) is 0 Å². The van der Waals surface area contributed by atoms with E-state index < -0.39 is 21.6 Å². The fourth-order valence-electron chi connectivity index (χ4n) is 1.97. The lowest BCUT2D eigenvalue weighted by Crippen LogP contribution is -2.41. The van der Waals surface area contributed by atoms with E-state index in [1.165, 1.54) is 0 Å². The van der Waals surface area contributed by atoms with Crippen LogP contribution in [0.25, 0.3) is 0 Å². The predicted molar refractivity (Wildman–Crippen MR) is 85.0 cm³/mol. The minimum absolute atomic E-state index is 0.0620. The first kappa shape index (κ1) is 18.3. The van der Waals surface area contributed by atoms with E-state index >= 15 is 0 Å². The maximum Gasteiger partial charge on any atom is 0.0924 e. The highest BCUT2D eigenvalue weighted by molar-refractivity contribution is 7.85. The van der Waals surface area contributed by atoms with Crippen molar-refractivity contribution in [2.24, 2.45) is 0 Å². The van der Waals surface area contributed by atoms with E-state index in [0.29, 0.717) is 24.7 Å². The molecule has 1 heterocycles. The molecular formula is C14H28O4S2. The summed E-state index contributed by atoms with van der Waals surface area (Å²) in [4.78, 5) is 0. The SMILES string of the molecule is CCCC[S@](=O)C[C@@H]1CO[C@H](C[S@@](=O)CCCC)CO1. The van der Waals surface area contributed by atoms with Gasteiger partial charge in [0, 0.05) is 33.1 Å². The average Bonchev–Trinajstić information content (AvgIpc) is 2.45. The van der Waals surface area contributed by atoms with E-state index in [9.17, 15) is 8.42 Å². The van der Waals surface area contributed by atoms with Crippen LogP contribution in [0, 0.1) is 0 Å². The predicted octanol–water partition coefficient (Wildman–Crippen LogP) is 1.87. The number of hydrogen-bond donors (Lipinski definition) is 0. The monoisotopic (exact) mass is 324 g/mol. The summed E-state index contributed by atoms with van der Waals surface area (Å²) in [6.07, 6.45) is 4.01. The molecule has 20 heavy (non-hydrogen) atoms. The number of ether oxygens (including phenoxy) is 2. The van der Waals surface area contributed by atoms with Gasteiger partial charge < -0.3 is 9.47 Å². The van der Waals surface area contributed by atoms with Crippen LogP contribution in [0.3, 0.4) is 0 Å². The molecule has 0 amide bonds. The first-order valence-corrected chi connectivity index (χ1v) is 10.6. The molecule has 4 atom stereocenters. The van der Waals surface area contributed by atoms with Crippen LogP contribution in [0.4, 0.5) is 0 Å². The fourth-order valence-corrected chi connectivity index (χ4v) is 4.74. The lowest BCUT2D eigenvalue weighted by atomic mass is 10.3. The molecule has 0 aromatic carbocycles. The van der Waals surface area contributed by atoms with Crippen LogP contribution >= 0.6 is 0 Å². The van der Waals surface area contributed by atoms with Gasteiger partial charge in [0.25, 0.3) is 0 Å². The van der Waals surface area contributed by atoms with E-state index in [1.54, 1.807) is 0 Å². The molecule has 0 aromatic rings. The Morgan fingerprint density at radius 2 is 1.25 bits per heavy atom. The molecule has 1 aliphatic rings. The van der Waals surface area contributed by atoms with Crippen LogP contribution in [-0.4, -0.2) is 56.9 Å². The van der Waals surface area contributed by atoms with Gasteiger partial charge in [-0.3, -0.25) is 8.42 Å². The van der Waals surface area contributed by atoms with Crippen molar-refractivity contribution in [2.45, 2.75) is 51.7 Å². The summed E-state index contributed by atoms with van der Waals surface area (Å²) >= 11 is 0. The lowest BCUT2D eigenvalue weighted by Gasteiger charge is -2.29. The van der Waals surface area contributed by atoms with Crippen molar-refractivity contribution in [2.75, 3.05) is 36.2 Å². The Hall–Kier alpha value is 0.220. The molecule has 1 aliphatic heterocycles. The maximum atomic E-state index is 11.8. The summed E-state index contributed by atoms with van der Waals surface area (Å²) in [6, 6.07) is 0. The molecular weight excluding hydrogens is 296 g/mol. The van der Waals surface area contributed by atoms with E-state index in [1.807, 2.05) is 0 Å². The fraction of sp³-hybridized carbons (Fsp3) is 1.00. The highest BCUT2D eigenvalue weighted by Crippen LogP contribution is 2.11. The van der Waals surface area contributed by atoms with Crippen LogP contribution in [0.5, 0.6) is 0 Å². The summed E-state index contributed by atoms with van der Waals surface area (Å²) in [5.74, 6) is 2.62. The van der Waals surface area contributed by atoms with Crippen molar-refractivity contribution in [3.8, 4) is 0 Å². The van der Waals surface area contributed by atoms with E-state index in [2.05, 4.69) is 13.8 Å². The van der Waals surface area contributed by atoms with Gasteiger partial charge >= 0.3 is 0 Å². The van der Waals surface area contributed by atoms with Crippen molar-refractivity contribution in [1.82, 2.24) is 0 Å². The Morgan fingerprint density at radius 1 is 0.850 bits per heavy atom. The van der Waals surface area contributed by atoms with E-state index in [0.717, 1.165) is 37.2 Å². The largest absolute Gasteiger partial charge is 0.372 e. The average molecular weight is 325 g/mol. The van der Waals surface area contributed by atoms with Gasteiger partial charge in [0.05, 0.1) is 36.9 Å². The zero-order valence-electron chi connectivity index (χ0n) is 12.7. The van der Waals surface area contributed by atoms with Gasteiger partial charge in [-0.1, -0.05) is 26.7 Å². The summed E-state index contributed by atoms with van der Waals surface area (Å²) in [5, 5.41) is 0. The Kier molecular flexibility index (Phi) is 9.94. The van der Waals surface area contributed by atoms with Gasteiger partial charge in [-0.25, -0.2) is 0 Å². The summed E-state index contributed by atoms with van der Waals surface area (Å²) in [7, 11) is -1.62. The molecule has 1 rings (SSSR count). The second kappa shape index (κ2) is 10.9. The standard InChI is InChI=1S/C14H28O4S2/c1-3-5-7-19(15)11-13-9-18-14(10-17-13)12-20(16)8-6-4-2/h13-14H,3-12H2,1-2H3/t13-,14-,19-,20-/m0/s1. The molecule has 0 saturated carbocycles. The summed E-state index contributed by atoms with van der Waals surface area (Å²) in [5.41, 5.74) is 0. The van der Waals surface area contributed by atoms with Crippen molar-refractivity contribution in [1.29, 1.82) is 0 Å². The zero-order valence-corrected chi connectivity index (χ0v) is 14.3. The molecule has 120 valence electrons. The first-order valence-electron chi connectivity index (χ1n) is 7.58. The van der Waals surface area contributed by atoms with Crippen molar-refractivity contribution in [3.63, 3.8) is 0 Å². The van der Waals surface area contributed by atoms with Crippen LogP contribution < -0.4 is 0 Å². The van der Waals surface area contributed by atoms with Crippen LogP contribution in [0.1, 0.15) is 39.5 Å². The van der Waals surface area contributed by atoms with Crippen molar-refractivity contribution < 1.29 is 17.9 Å². The van der Waals surface area contributed by atoms with Gasteiger partial charge in [0.15, 0.2) is 0 Å². The molecule has 4 nitrogen and oxygen atoms in total. The smallest absolute Gasteiger partial charge is 0.0924 e. The third kappa shape index (κ3) is 7.86. The molecule has 0 unspecified atom stereocenters. The quantitative estimate of drug-likeness (QED) is 0.615. The van der Waals surface area contributed by atoms with Crippen LogP contribution in [0.2, 0.25) is 0 Å². The third-order valence-corrected chi connectivity index (χ3v) is 6.21. The first-order chi connectivity index (χ1) is 9.65. The minimum Gasteiger partial charge on any atom is -0.372 e. The Morgan fingerprint density at radius 3 is 1.55 bits per heavy atom. The Bertz CT molecular complexity index is 272. The third-order valence-electron chi connectivity index (χ3n) is 3.23. The van der Waals surface area contributed by atoms with Crippen molar-refractivity contribution in [3.05, 3.63) is 0 Å². The van der Waals surface area contributed by atoms with Crippen LogP contribution in [0.15, 0.2) is 0 Å². The van der Waals surface area contributed by atoms with Gasteiger partial charge in [-0.15, -0.1) is 0 Å². The lowest BCUT2D eigenvalue weighted by molar-refractivity contribution is -0.116. The second-order valence-corrected chi connectivity index (χ2v) is 8.48. The number of unbranched alkanes of at least 4 members (excludes halogenated alkanes) is 2. The van der Waals surface area contributed by atoms with Gasteiger partial charge in [0.2, 0.25) is 0 Å². The number of hydrogen-bond acceptors (Lipinski definition) is 4.